The third-order valence-corrected chi connectivity index (χ3v) is 6.01. The van der Waals surface area contributed by atoms with Gasteiger partial charge in [0.15, 0.2) is 0 Å². The van der Waals surface area contributed by atoms with E-state index in [1.165, 1.54) is 96.3 Å². The number of hydrogen-bond donors (Lipinski definition) is 2. The average molecular weight is 355 g/mol. The molecular weight excluding hydrogens is 304 g/mol. The molecule has 2 heteroatoms. The van der Waals surface area contributed by atoms with Gasteiger partial charge in [0.05, 0.1) is 0 Å². The molecule has 0 aliphatic rings. The molecule has 0 aliphatic heterocycles. The van der Waals surface area contributed by atoms with Gasteiger partial charge in [0, 0.05) is 6.04 Å². The van der Waals surface area contributed by atoms with Crippen LogP contribution in [0.25, 0.3) is 0 Å². The van der Waals surface area contributed by atoms with Gasteiger partial charge in [-0.3, -0.25) is 11.3 Å². The lowest BCUT2D eigenvalue weighted by molar-refractivity contribution is 0.282. The van der Waals surface area contributed by atoms with E-state index in [2.05, 4.69) is 40.0 Å². The molecule has 3 N–H and O–H groups in total. The summed E-state index contributed by atoms with van der Waals surface area (Å²) in [7, 11) is 0. The Balaban J connectivity index is 3.79. The molecule has 25 heavy (non-hydrogen) atoms. The van der Waals surface area contributed by atoms with E-state index in [0.29, 0.717) is 11.5 Å². The van der Waals surface area contributed by atoms with Crippen LogP contribution in [0.2, 0.25) is 0 Å². The van der Waals surface area contributed by atoms with E-state index < -0.39 is 0 Å². The van der Waals surface area contributed by atoms with Crippen molar-refractivity contribution < 1.29 is 0 Å². The van der Waals surface area contributed by atoms with Crippen LogP contribution in [0.15, 0.2) is 0 Å². The van der Waals surface area contributed by atoms with Crippen molar-refractivity contribution >= 4 is 0 Å². The highest BCUT2D eigenvalue weighted by Gasteiger charge is 2.17. The maximum Gasteiger partial charge on any atom is 0.0213 e. The van der Waals surface area contributed by atoms with Gasteiger partial charge in [-0.25, -0.2) is 0 Å². The maximum atomic E-state index is 5.81. The molecule has 0 saturated heterocycles. The lowest BCUT2D eigenvalue weighted by Gasteiger charge is -2.24. The van der Waals surface area contributed by atoms with Crippen molar-refractivity contribution in [3.63, 3.8) is 0 Å². The van der Waals surface area contributed by atoms with Crippen LogP contribution in [0.1, 0.15) is 131 Å². The minimum absolute atomic E-state index is 0.521. The van der Waals surface area contributed by atoms with Crippen LogP contribution in [-0.4, -0.2) is 6.04 Å². The number of nitrogens with two attached hydrogens (primary N) is 1. The zero-order chi connectivity index (χ0) is 19.0. The van der Waals surface area contributed by atoms with Crippen LogP contribution < -0.4 is 11.3 Å². The van der Waals surface area contributed by atoms with Crippen molar-refractivity contribution in [1.82, 2.24) is 5.43 Å². The van der Waals surface area contributed by atoms with E-state index >= 15 is 0 Å². The standard InChI is InChI=1S/C23H50N2/c1-6-9-14-18-23(4,5)19-15-12-11-13-17-22(25-24)20-21(8-3)16-10-7-2/h21-22,25H,6-20,24H2,1-5H3. The fraction of sp³-hybridized carbons (Fsp3) is 1.00. The Hall–Kier alpha value is -0.0800. The van der Waals surface area contributed by atoms with Crippen LogP contribution in [0, 0.1) is 11.3 Å². The second kappa shape index (κ2) is 16.1. The maximum absolute atomic E-state index is 5.81. The Bertz CT molecular complexity index is 275. The van der Waals surface area contributed by atoms with Crippen LogP contribution in [0.3, 0.4) is 0 Å². The van der Waals surface area contributed by atoms with Gasteiger partial charge in [0.25, 0.3) is 0 Å². The molecule has 0 radical (unpaired) electrons. The topological polar surface area (TPSA) is 38.0 Å². The fourth-order valence-electron chi connectivity index (χ4n) is 3.98. The molecule has 0 spiro atoms. The van der Waals surface area contributed by atoms with Crippen LogP contribution in [0.4, 0.5) is 0 Å². The van der Waals surface area contributed by atoms with Crippen molar-refractivity contribution in [3.8, 4) is 0 Å². The van der Waals surface area contributed by atoms with Crippen molar-refractivity contribution in [2.24, 2.45) is 17.2 Å². The summed E-state index contributed by atoms with van der Waals surface area (Å²) in [5.41, 5.74) is 3.63. The van der Waals surface area contributed by atoms with Gasteiger partial charge in [0.1, 0.15) is 0 Å². The molecule has 0 bridgehead atoms. The van der Waals surface area contributed by atoms with Gasteiger partial charge in [-0.1, -0.05) is 105 Å². The summed E-state index contributed by atoms with van der Waals surface area (Å²) < 4.78 is 0. The van der Waals surface area contributed by atoms with E-state index in [4.69, 9.17) is 5.84 Å². The first-order valence-electron chi connectivity index (χ1n) is 11.4. The Labute approximate surface area is 160 Å². The van der Waals surface area contributed by atoms with Gasteiger partial charge in [0.2, 0.25) is 0 Å². The predicted octanol–water partition coefficient (Wildman–Crippen LogP) is 7.37. The molecule has 0 rings (SSSR count). The normalized spacial score (nSPS) is 14.6. The van der Waals surface area contributed by atoms with Gasteiger partial charge in [-0.05, 0) is 37.0 Å². The lowest BCUT2D eigenvalue weighted by atomic mass is 9.82. The highest BCUT2D eigenvalue weighted by atomic mass is 15.2. The number of hydrogen-bond acceptors (Lipinski definition) is 2. The van der Waals surface area contributed by atoms with E-state index in [-0.39, 0.29) is 0 Å². The smallest absolute Gasteiger partial charge is 0.0213 e. The van der Waals surface area contributed by atoms with E-state index in [0.717, 1.165) is 5.92 Å². The van der Waals surface area contributed by atoms with E-state index in [1.807, 2.05) is 0 Å². The van der Waals surface area contributed by atoms with Crippen molar-refractivity contribution in [2.75, 3.05) is 0 Å². The summed E-state index contributed by atoms with van der Waals surface area (Å²) in [6.45, 7) is 11.8. The first-order valence-corrected chi connectivity index (χ1v) is 11.4. The Morgan fingerprint density at radius 2 is 1.36 bits per heavy atom. The highest BCUT2D eigenvalue weighted by molar-refractivity contribution is 4.71. The van der Waals surface area contributed by atoms with Gasteiger partial charge in [-0.2, -0.15) is 0 Å². The molecule has 0 heterocycles. The van der Waals surface area contributed by atoms with Crippen molar-refractivity contribution in [1.29, 1.82) is 0 Å². The van der Waals surface area contributed by atoms with Crippen molar-refractivity contribution in [3.05, 3.63) is 0 Å². The fourth-order valence-corrected chi connectivity index (χ4v) is 3.98. The third-order valence-electron chi connectivity index (χ3n) is 6.01. The van der Waals surface area contributed by atoms with E-state index in [1.54, 1.807) is 0 Å². The highest BCUT2D eigenvalue weighted by Crippen LogP contribution is 2.30. The first-order chi connectivity index (χ1) is 12.0. The van der Waals surface area contributed by atoms with Crippen LogP contribution in [-0.2, 0) is 0 Å². The van der Waals surface area contributed by atoms with E-state index in [9.17, 15) is 0 Å². The summed E-state index contributed by atoms with van der Waals surface area (Å²) >= 11 is 0. The SMILES string of the molecule is CCCCCC(C)(C)CCCCCCC(CC(CC)CCCC)NN. The Morgan fingerprint density at radius 1 is 0.760 bits per heavy atom. The summed E-state index contributed by atoms with van der Waals surface area (Å²) in [6, 6.07) is 0.521. The van der Waals surface area contributed by atoms with Gasteiger partial charge in [-0.15, -0.1) is 0 Å². The number of unbranched alkanes of at least 4 members (excludes halogenated alkanes) is 6. The largest absolute Gasteiger partial charge is 0.271 e. The molecule has 2 atom stereocenters. The van der Waals surface area contributed by atoms with Gasteiger partial charge < -0.3 is 0 Å². The van der Waals surface area contributed by atoms with Gasteiger partial charge >= 0.3 is 0 Å². The average Bonchev–Trinajstić information content (AvgIpc) is 2.59. The monoisotopic (exact) mass is 354 g/mol. The summed E-state index contributed by atoms with van der Waals surface area (Å²) in [5.74, 6) is 6.66. The molecule has 0 aromatic rings. The minimum atomic E-state index is 0.521. The molecule has 0 aliphatic carbocycles. The summed E-state index contributed by atoms with van der Waals surface area (Å²) in [4.78, 5) is 0. The second-order valence-corrected chi connectivity index (χ2v) is 9.09. The zero-order valence-electron chi connectivity index (χ0n) is 18.3. The molecular formula is C23H50N2. The lowest BCUT2D eigenvalue weighted by Crippen LogP contribution is -2.36. The zero-order valence-corrected chi connectivity index (χ0v) is 18.3. The predicted molar refractivity (Wildman–Crippen MR) is 115 cm³/mol. The first kappa shape index (κ1) is 24.9. The Kier molecular flexibility index (Phi) is 16.1. The number of nitrogens with one attached hydrogen (secondary N) is 1. The Morgan fingerprint density at radius 3 is 1.92 bits per heavy atom. The molecule has 0 amide bonds. The molecule has 2 unspecified atom stereocenters. The quantitative estimate of drug-likeness (QED) is 0.153. The van der Waals surface area contributed by atoms with Crippen LogP contribution >= 0.6 is 0 Å². The molecule has 0 saturated carbocycles. The molecule has 0 fully saturated rings. The number of rotatable bonds is 18. The molecule has 152 valence electrons. The van der Waals surface area contributed by atoms with Crippen LogP contribution in [0.5, 0.6) is 0 Å². The molecule has 0 aromatic heterocycles. The second-order valence-electron chi connectivity index (χ2n) is 9.09. The summed E-state index contributed by atoms with van der Waals surface area (Å²) in [6.07, 6.45) is 20.3. The molecule has 0 aromatic carbocycles. The third kappa shape index (κ3) is 14.7. The minimum Gasteiger partial charge on any atom is -0.271 e. The van der Waals surface area contributed by atoms with Crippen molar-refractivity contribution in [2.45, 2.75) is 137 Å². The number of hydrazine groups is 1. The summed E-state index contributed by atoms with van der Waals surface area (Å²) in [5, 5.41) is 0. The molecule has 2 nitrogen and oxygen atoms in total.